The van der Waals surface area contributed by atoms with Gasteiger partial charge in [0.15, 0.2) is 0 Å². The highest BCUT2D eigenvalue weighted by molar-refractivity contribution is 5.85. The Morgan fingerprint density at radius 3 is 2.56 bits per heavy atom. The minimum atomic E-state index is -0.0807. The number of halogens is 1. The predicted octanol–water partition coefficient (Wildman–Crippen LogP) is 2.62. The summed E-state index contributed by atoms with van der Waals surface area (Å²) in [5.41, 5.74) is 7.15. The molecule has 2 saturated heterocycles. The molecule has 0 radical (unpaired) electrons. The molecule has 5 nitrogen and oxygen atoms in total. The van der Waals surface area contributed by atoms with Gasteiger partial charge in [0.05, 0.1) is 12.3 Å². The fraction of sp³-hybridized carbons (Fsp3) is 0.619. The molecule has 1 aromatic carbocycles. The van der Waals surface area contributed by atoms with Gasteiger partial charge in [-0.15, -0.1) is 12.4 Å². The van der Waals surface area contributed by atoms with Crippen molar-refractivity contribution >= 4 is 24.2 Å². The normalized spacial score (nSPS) is 24.1. The van der Waals surface area contributed by atoms with Crippen molar-refractivity contribution in [1.82, 2.24) is 9.80 Å². The van der Waals surface area contributed by atoms with E-state index in [2.05, 4.69) is 0 Å². The van der Waals surface area contributed by atoms with Crippen molar-refractivity contribution in [2.45, 2.75) is 57.5 Å². The molecule has 150 valence electrons. The van der Waals surface area contributed by atoms with Gasteiger partial charge in [-0.3, -0.25) is 9.59 Å². The van der Waals surface area contributed by atoms with Crippen LogP contribution < -0.4 is 5.73 Å². The van der Waals surface area contributed by atoms with E-state index < -0.39 is 0 Å². The Balaban J connectivity index is 0.00000261. The summed E-state index contributed by atoms with van der Waals surface area (Å²) in [4.78, 5) is 29.7. The lowest BCUT2D eigenvalue weighted by Gasteiger charge is -2.42. The van der Waals surface area contributed by atoms with Crippen molar-refractivity contribution < 1.29 is 9.59 Å². The van der Waals surface area contributed by atoms with E-state index in [4.69, 9.17) is 5.73 Å². The van der Waals surface area contributed by atoms with Crippen LogP contribution in [0.4, 0.5) is 0 Å². The van der Waals surface area contributed by atoms with Gasteiger partial charge in [0, 0.05) is 31.7 Å². The van der Waals surface area contributed by atoms with Gasteiger partial charge in [0.25, 0.3) is 0 Å². The first-order valence-corrected chi connectivity index (χ1v) is 9.94. The Bertz CT molecular complexity index is 623. The zero-order valence-electron chi connectivity index (χ0n) is 16.2. The maximum absolute atomic E-state index is 13.1. The molecule has 2 aliphatic heterocycles. The lowest BCUT2D eigenvalue weighted by Crippen LogP contribution is -2.55. The molecule has 2 fully saturated rings. The van der Waals surface area contributed by atoms with Crippen LogP contribution in [0, 0.1) is 5.92 Å². The minimum absolute atomic E-state index is 0. The summed E-state index contributed by atoms with van der Waals surface area (Å²) >= 11 is 0. The average Bonchev–Trinajstić information content (AvgIpc) is 2.68. The number of nitrogens with zero attached hydrogens (tertiary/aromatic N) is 2. The fourth-order valence-electron chi connectivity index (χ4n) is 4.30. The number of carbonyl (C=O) groups is 2. The van der Waals surface area contributed by atoms with Gasteiger partial charge in [0.2, 0.25) is 11.8 Å². The highest BCUT2D eigenvalue weighted by atomic mass is 35.5. The molecule has 0 spiro atoms. The van der Waals surface area contributed by atoms with Crippen LogP contribution in [0.2, 0.25) is 0 Å². The Kier molecular flexibility index (Phi) is 8.11. The number of carbonyl (C=O) groups excluding carboxylic acids is 2. The smallest absolute Gasteiger partial charge is 0.227 e. The highest BCUT2D eigenvalue weighted by Gasteiger charge is 2.36. The monoisotopic (exact) mass is 393 g/mol. The third kappa shape index (κ3) is 5.45. The molecule has 2 aliphatic rings. The molecule has 2 amide bonds. The molecule has 3 rings (SSSR count). The second-order valence-electron chi connectivity index (χ2n) is 7.80. The van der Waals surface area contributed by atoms with Gasteiger partial charge in [-0.1, -0.05) is 30.3 Å². The summed E-state index contributed by atoms with van der Waals surface area (Å²) in [6, 6.07) is 9.96. The lowest BCUT2D eigenvalue weighted by molar-refractivity contribution is -0.144. The topological polar surface area (TPSA) is 66.6 Å². The molecule has 0 saturated carbocycles. The summed E-state index contributed by atoms with van der Waals surface area (Å²) < 4.78 is 0. The van der Waals surface area contributed by atoms with E-state index in [-0.39, 0.29) is 42.2 Å². The molecule has 3 atom stereocenters. The number of nitrogens with two attached hydrogens (primary N) is 1. The number of hydrogen-bond donors (Lipinski definition) is 1. The predicted molar refractivity (Wildman–Crippen MR) is 110 cm³/mol. The largest absolute Gasteiger partial charge is 0.342 e. The molecule has 2 N–H and O–H groups in total. The van der Waals surface area contributed by atoms with Gasteiger partial charge >= 0.3 is 0 Å². The zero-order valence-corrected chi connectivity index (χ0v) is 17.0. The standard InChI is InChI=1S/C21H31N3O2.ClH/c1-16(22)19-11-5-6-13-24(19)21(26)18-10-7-12-23(15-18)20(25)14-17-8-3-2-4-9-17;/h2-4,8-9,16,18-19H,5-7,10-15,22H2,1H3;1H. The second kappa shape index (κ2) is 10.1. The van der Waals surface area contributed by atoms with E-state index in [0.29, 0.717) is 13.0 Å². The third-order valence-corrected chi connectivity index (χ3v) is 5.76. The molecular weight excluding hydrogens is 362 g/mol. The number of rotatable bonds is 4. The van der Waals surface area contributed by atoms with Crippen LogP contribution in [-0.2, 0) is 16.0 Å². The SMILES string of the molecule is CC(N)C1CCCCN1C(=O)C1CCCN(C(=O)Cc2ccccc2)C1.Cl. The van der Waals surface area contributed by atoms with Crippen LogP contribution in [0.15, 0.2) is 30.3 Å². The summed E-state index contributed by atoms with van der Waals surface area (Å²) in [5, 5.41) is 0. The van der Waals surface area contributed by atoms with E-state index in [9.17, 15) is 9.59 Å². The first-order chi connectivity index (χ1) is 12.6. The van der Waals surface area contributed by atoms with Crippen LogP contribution in [0.5, 0.6) is 0 Å². The van der Waals surface area contributed by atoms with Crippen LogP contribution in [0.3, 0.4) is 0 Å². The van der Waals surface area contributed by atoms with E-state index in [1.54, 1.807) is 0 Å². The summed E-state index contributed by atoms with van der Waals surface area (Å²) in [6.45, 7) is 4.10. The van der Waals surface area contributed by atoms with E-state index in [1.165, 1.54) is 0 Å². The quantitative estimate of drug-likeness (QED) is 0.855. The molecule has 3 unspecified atom stereocenters. The molecule has 0 aromatic heterocycles. The van der Waals surface area contributed by atoms with Crippen molar-refractivity contribution in [2.75, 3.05) is 19.6 Å². The van der Waals surface area contributed by atoms with Gasteiger partial charge < -0.3 is 15.5 Å². The van der Waals surface area contributed by atoms with Crippen molar-refractivity contribution in [3.63, 3.8) is 0 Å². The van der Waals surface area contributed by atoms with Gasteiger partial charge in [-0.2, -0.15) is 0 Å². The number of hydrogen-bond acceptors (Lipinski definition) is 3. The van der Waals surface area contributed by atoms with Gasteiger partial charge in [-0.05, 0) is 44.6 Å². The lowest BCUT2D eigenvalue weighted by atomic mass is 9.91. The molecular formula is C21H32ClN3O2. The summed E-state index contributed by atoms with van der Waals surface area (Å²) in [5.74, 6) is 0.239. The number of amides is 2. The Morgan fingerprint density at radius 1 is 1.11 bits per heavy atom. The molecule has 0 bridgehead atoms. The van der Waals surface area contributed by atoms with Gasteiger partial charge in [0.1, 0.15) is 0 Å². The van der Waals surface area contributed by atoms with Crippen molar-refractivity contribution in [2.24, 2.45) is 11.7 Å². The van der Waals surface area contributed by atoms with Gasteiger partial charge in [-0.25, -0.2) is 0 Å². The first-order valence-electron chi connectivity index (χ1n) is 9.94. The molecule has 2 heterocycles. The van der Waals surface area contributed by atoms with Crippen LogP contribution in [0.1, 0.15) is 44.6 Å². The van der Waals surface area contributed by atoms with E-state index >= 15 is 0 Å². The molecule has 0 aliphatic carbocycles. The van der Waals surface area contributed by atoms with E-state index in [0.717, 1.165) is 50.8 Å². The molecule has 6 heteroatoms. The fourth-order valence-corrected chi connectivity index (χ4v) is 4.30. The van der Waals surface area contributed by atoms with Crippen LogP contribution in [-0.4, -0.2) is 53.3 Å². The van der Waals surface area contributed by atoms with E-state index in [1.807, 2.05) is 47.1 Å². The van der Waals surface area contributed by atoms with Crippen molar-refractivity contribution in [3.05, 3.63) is 35.9 Å². The Morgan fingerprint density at radius 2 is 1.85 bits per heavy atom. The van der Waals surface area contributed by atoms with Crippen molar-refractivity contribution in [3.8, 4) is 0 Å². The summed E-state index contributed by atoms with van der Waals surface area (Å²) in [7, 11) is 0. The maximum Gasteiger partial charge on any atom is 0.227 e. The number of benzene rings is 1. The Labute approximate surface area is 168 Å². The maximum atomic E-state index is 13.1. The zero-order chi connectivity index (χ0) is 18.5. The first kappa shape index (κ1) is 21.7. The van der Waals surface area contributed by atoms with Crippen molar-refractivity contribution in [1.29, 1.82) is 0 Å². The molecule has 1 aromatic rings. The van der Waals surface area contributed by atoms with Crippen LogP contribution in [0.25, 0.3) is 0 Å². The third-order valence-electron chi connectivity index (χ3n) is 5.76. The second-order valence-corrected chi connectivity index (χ2v) is 7.80. The Hall–Kier alpha value is -1.59. The summed E-state index contributed by atoms with van der Waals surface area (Å²) in [6.07, 6.45) is 5.37. The van der Waals surface area contributed by atoms with Crippen LogP contribution >= 0.6 is 12.4 Å². The minimum Gasteiger partial charge on any atom is -0.342 e. The molecule has 27 heavy (non-hydrogen) atoms. The highest BCUT2D eigenvalue weighted by Crippen LogP contribution is 2.25. The number of piperidine rings is 2. The number of likely N-dealkylation sites (tertiary alicyclic amines) is 2. The average molecular weight is 394 g/mol.